The number of carbonyl (C=O) groups is 2. The normalized spacial score (nSPS) is 14.6. The van der Waals surface area contributed by atoms with E-state index >= 15 is 0 Å². The van der Waals surface area contributed by atoms with Crippen molar-refractivity contribution in [2.24, 2.45) is 0 Å². The minimum Gasteiger partial charge on any atom is -0.429 e. The molecule has 0 bridgehead atoms. The first-order valence-corrected chi connectivity index (χ1v) is 13.2. The summed E-state index contributed by atoms with van der Waals surface area (Å²) in [7, 11) is -5.47. The van der Waals surface area contributed by atoms with E-state index in [4.69, 9.17) is 0 Å². The third-order valence-electron chi connectivity index (χ3n) is 4.94. The Balaban J connectivity index is 3.67. The van der Waals surface area contributed by atoms with Gasteiger partial charge < -0.3 is 9.59 Å². The second-order valence-corrected chi connectivity index (χ2v) is 18.3. The predicted molar refractivity (Wildman–Crippen MR) is 91.9 cm³/mol. The summed E-state index contributed by atoms with van der Waals surface area (Å²) in [6, 6.07) is 9.38. The topological polar surface area (TPSA) is 54.4 Å². The minimum absolute atomic E-state index is 0.0383. The molecular weight excluding hydrogens is 296 g/mol. The molecule has 0 saturated heterocycles. The van der Waals surface area contributed by atoms with E-state index in [1.807, 2.05) is 39.0 Å². The zero-order valence-electron chi connectivity index (χ0n) is 13.7. The lowest BCUT2D eigenvalue weighted by molar-refractivity contribution is -0.110. The fourth-order valence-electron chi connectivity index (χ4n) is 3.56. The highest BCUT2D eigenvalue weighted by atomic mass is 29.3. The quantitative estimate of drug-likeness (QED) is 0.620. The maximum absolute atomic E-state index is 12.4. The zero-order chi connectivity index (χ0) is 16.3. The zero-order valence-corrected chi connectivity index (χ0v) is 15.7. The molecule has 1 rings (SSSR count). The van der Waals surface area contributed by atoms with Crippen molar-refractivity contribution in [3.8, 4) is 0 Å². The van der Waals surface area contributed by atoms with E-state index < -0.39 is 15.4 Å². The maximum Gasteiger partial charge on any atom is 0.215 e. The van der Waals surface area contributed by atoms with Crippen LogP contribution in [0.5, 0.6) is 0 Å². The van der Waals surface area contributed by atoms with Crippen LogP contribution in [0.15, 0.2) is 24.3 Å². The number of hydrogen-bond acceptors (Lipinski definition) is 3. The van der Waals surface area contributed by atoms with Crippen LogP contribution in [0.25, 0.3) is 0 Å². The van der Waals surface area contributed by atoms with Gasteiger partial charge in [0.1, 0.15) is 5.41 Å². The second-order valence-electron chi connectivity index (χ2n) is 5.66. The molecule has 0 amide bonds. The first-order valence-electron chi connectivity index (χ1n) is 7.64. The predicted octanol–water partition coefficient (Wildman–Crippen LogP) is 2.75. The Kier molecular flexibility index (Phi) is 5.84. The smallest absolute Gasteiger partial charge is 0.215 e. The summed E-state index contributed by atoms with van der Waals surface area (Å²) in [6.07, 6.45) is 0. The molecule has 1 aromatic rings. The largest absolute Gasteiger partial charge is 0.429 e. The molecule has 1 aromatic carbocycles. The van der Waals surface area contributed by atoms with Gasteiger partial charge in [-0.3, -0.25) is 4.79 Å². The molecule has 116 valence electrons. The third-order valence-corrected chi connectivity index (χ3v) is 22.4. The van der Waals surface area contributed by atoms with Crippen LogP contribution in [0.2, 0.25) is 18.1 Å². The second kappa shape index (κ2) is 6.81. The van der Waals surface area contributed by atoms with Gasteiger partial charge in [0.25, 0.3) is 0 Å². The fraction of sp³-hybridized carbons (Fsp3) is 0.500. The summed E-state index contributed by atoms with van der Waals surface area (Å²) in [5, 5.41) is 0.937. The Labute approximate surface area is 129 Å². The van der Waals surface area contributed by atoms with Crippen LogP contribution in [-0.2, 0) is 4.79 Å². The third kappa shape index (κ3) is 2.82. The summed E-state index contributed by atoms with van der Waals surface area (Å²) in [6.45, 7) is 9.14. The summed E-state index contributed by atoms with van der Waals surface area (Å²) >= 11 is 0. The van der Waals surface area contributed by atoms with E-state index in [1.54, 1.807) is 13.0 Å². The fourth-order valence-corrected chi connectivity index (χ4v) is 18.9. The van der Waals surface area contributed by atoms with Gasteiger partial charge in [0.15, 0.2) is 13.4 Å². The monoisotopic (exact) mass is 322 g/mol. The van der Waals surface area contributed by atoms with Gasteiger partial charge in [-0.05, 0) is 25.1 Å². The summed E-state index contributed by atoms with van der Waals surface area (Å²) in [5.41, 5.74) is 0.591. The summed E-state index contributed by atoms with van der Waals surface area (Å²) in [5.74, 6) is -0.0383. The molecule has 0 radical (unpaired) electrons. The average molecular weight is 323 g/mol. The van der Waals surface area contributed by atoms with Crippen molar-refractivity contribution in [3.63, 3.8) is 0 Å². The molecule has 0 aliphatic carbocycles. The van der Waals surface area contributed by atoms with Crippen molar-refractivity contribution in [2.45, 2.75) is 52.8 Å². The highest BCUT2D eigenvalue weighted by molar-refractivity contribution is 7.54. The van der Waals surface area contributed by atoms with Crippen LogP contribution in [-0.4, -0.2) is 31.4 Å². The molecule has 1 N–H and O–H groups in total. The molecule has 3 nitrogen and oxygen atoms in total. The van der Waals surface area contributed by atoms with Crippen LogP contribution >= 0.6 is 0 Å². The van der Waals surface area contributed by atoms with E-state index in [2.05, 4.69) is 0 Å². The Morgan fingerprint density at radius 2 is 1.52 bits per heavy atom. The van der Waals surface area contributed by atoms with Crippen molar-refractivity contribution in [2.75, 3.05) is 0 Å². The molecule has 0 heterocycles. The summed E-state index contributed by atoms with van der Waals surface area (Å²) < 4.78 is 0. The first-order chi connectivity index (χ1) is 9.80. The van der Waals surface area contributed by atoms with Crippen LogP contribution in [0.3, 0.4) is 0 Å². The minimum atomic E-state index is -2.98. The van der Waals surface area contributed by atoms with E-state index in [0.717, 1.165) is 17.3 Å². The Bertz CT molecular complexity index is 538. The molecule has 1 unspecified atom stereocenters. The van der Waals surface area contributed by atoms with Crippen molar-refractivity contribution in [3.05, 3.63) is 29.8 Å². The van der Waals surface area contributed by atoms with Gasteiger partial charge in [0, 0.05) is 5.56 Å². The Hall–Kier alpha value is -1.05. The van der Waals surface area contributed by atoms with E-state index in [0.29, 0.717) is 11.6 Å². The molecular formula is C16H26O3Si2. The van der Waals surface area contributed by atoms with Gasteiger partial charge in [-0.2, -0.15) is 0 Å². The van der Waals surface area contributed by atoms with Crippen molar-refractivity contribution in [1.29, 1.82) is 0 Å². The number of carbonyl (C=O) groups excluding carboxylic acids is 2. The first kappa shape index (κ1) is 18.0. The van der Waals surface area contributed by atoms with Gasteiger partial charge in [-0.1, -0.05) is 57.1 Å². The molecule has 0 aromatic heterocycles. The number of hydrogen-bond donors (Lipinski definition) is 1. The maximum atomic E-state index is 12.4. The lowest BCUT2D eigenvalue weighted by Gasteiger charge is -2.41. The van der Waals surface area contributed by atoms with Gasteiger partial charge >= 0.3 is 0 Å². The lowest BCUT2D eigenvalue weighted by atomic mass is 10.1. The van der Waals surface area contributed by atoms with Crippen molar-refractivity contribution in [1.82, 2.24) is 0 Å². The SMILES string of the molecule is CC[Si](CC)(C(C)=O)[Si](O)(CC)c1ccccc1C(C)=O. The number of rotatable bonds is 7. The standard InChI is InChI=1S/C16H26O3Si2/c1-6-20(7-2,14(5)18)21(19,8-3)16-12-10-9-11-15(16)13(4)17/h9-12,19H,6-8H2,1-5H3. The lowest BCUT2D eigenvalue weighted by Crippen LogP contribution is -2.73. The molecule has 21 heavy (non-hydrogen) atoms. The van der Waals surface area contributed by atoms with Gasteiger partial charge in [0.2, 0.25) is 7.83 Å². The van der Waals surface area contributed by atoms with Crippen LogP contribution in [0.1, 0.15) is 45.0 Å². The van der Waals surface area contributed by atoms with Crippen molar-refractivity contribution >= 4 is 31.8 Å². The molecule has 1 atom stereocenters. The van der Waals surface area contributed by atoms with E-state index in [1.165, 1.54) is 6.92 Å². The van der Waals surface area contributed by atoms with Crippen LogP contribution < -0.4 is 5.19 Å². The summed E-state index contributed by atoms with van der Waals surface area (Å²) in [4.78, 5) is 36.0. The van der Waals surface area contributed by atoms with E-state index in [9.17, 15) is 14.4 Å². The molecule has 0 aliphatic rings. The van der Waals surface area contributed by atoms with Crippen LogP contribution in [0.4, 0.5) is 0 Å². The molecule has 0 saturated carbocycles. The molecule has 0 aliphatic heterocycles. The van der Waals surface area contributed by atoms with Gasteiger partial charge in [0.05, 0.1) is 0 Å². The Morgan fingerprint density at radius 3 is 1.90 bits per heavy atom. The molecule has 0 spiro atoms. The molecule has 5 heteroatoms. The highest BCUT2D eigenvalue weighted by Crippen LogP contribution is 2.30. The van der Waals surface area contributed by atoms with Gasteiger partial charge in [-0.25, -0.2) is 0 Å². The Morgan fingerprint density at radius 1 is 1.00 bits per heavy atom. The number of ketones is 1. The van der Waals surface area contributed by atoms with Crippen LogP contribution in [0, 0.1) is 0 Å². The average Bonchev–Trinajstić information content (AvgIpc) is 2.48. The molecule has 0 fully saturated rings. The number of benzene rings is 1. The number of Topliss-reactive ketones (excluding diaryl/α,β-unsaturated/α-hetero) is 1. The van der Waals surface area contributed by atoms with Crippen molar-refractivity contribution < 1.29 is 14.4 Å². The van der Waals surface area contributed by atoms with Gasteiger partial charge in [-0.15, -0.1) is 0 Å². The van der Waals surface area contributed by atoms with E-state index in [-0.39, 0.29) is 11.2 Å². The highest BCUT2D eigenvalue weighted by Gasteiger charge is 2.57.